The van der Waals surface area contributed by atoms with E-state index in [0.717, 1.165) is 10.2 Å². The number of halogens is 1. The van der Waals surface area contributed by atoms with Crippen LogP contribution in [-0.2, 0) is 16.0 Å². The van der Waals surface area contributed by atoms with Crippen LogP contribution in [0.4, 0.5) is 0 Å². The molecule has 2 unspecified atom stereocenters. The van der Waals surface area contributed by atoms with Crippen molar-refractivity contribution >= 4 is 15.9 Å². The molecule has 5 nitrogen and oxygen atoms in total. The van der Waals surface area contributed by atoms with E-state index in [9.17, 15) is 5.11 Å². The van der Waals surface area contributed by atoms with Gasteiger partial charge in [-0.2, -0.15) is 5.10 Å². The molecule has 0 saturated carbocycles. The number of ether oxygens (including phenoxy) is 2. The van der Waals surface area contributed by atoms with Crippen LogP contribution < -0.4 is 0 Å². The van der Waals surface area contributed by atoms with Gasteiger partial charge in [0, 0.05) is 6.54 Å². The highest BCUT2D eigenvalue weighted by atomic mass is 79.9. The van der Waals surface area contributed by atoms with Gasteiger partial charge in [0.05, 0.1) is 36.2 Å². The Kier molecular flexibility index (Phi) is 3.96. The van der Waals surface area contributed by atoms with E-state index in [4.69, 9.17) is 9.47 Å². The number of aliphatic hydroxyl groups excluding tert-OH is 1. The van der Waals surface area contributed by atoms with Crippen LogP contribution in [0, 0.1) is 0 Å². The van der Waals surface area contributed by atoms with Crippen molar-refractivity contribution in [3.63, 3.8) is 0 Å². The summed E-state index contributed by atoms with van der Waals surface area (Å²) in [6.07, 6.45) is 0.662. The Bertz CT molecular complexity index is 350. The number of hydrogen-bond donors (Lipinski definition) is 1. The number of nitrogens with zero attached hydrogens (tertiary/aromatic N) is 2. The van der Waals surface area contributed by atoms with Gasteiger partial charge < -0.3 is 14.6 Å². The first-order valence-corrected chi connectivity index (χ1v) is 6.12. The molecule has 0 bridgehead atoms. The van der Waals surface area contributed by atoms with Gasteiger partial charge >= 0.3 is 0 Å². The predicted molar refractivity (Wildman–Crippen MR) is 61.1 cm³/mol. The maximum atomic E-state index is 10.2. The van der Waals surface area contributed by atoms with Crippen LogP contribution in [-0.4, -0.2) is 40.8 Å². The fourth-order valence-electron chi connectivity index (χ4n) is 1.78. The lowest BCUT2D eigenvalue weighted by atomic mass is 10.1. The van der Waals surface area contributed by atoms with Crippen molar-refractivity contribution in [3.8, 4) is 0 Å². The van der Waals surface area contributed by atoms with E-state index in [2.05, 4.69) is 21.0 Å². The van der Waals surface area contributed by atoms with E-state index in [-0.39, 0.29) is 6.10 Å². The summed E-state index contributed by atoms with van der Waals surface area (Å²) in [4.78, 5) is 0. The Hall–Kier alpha value is -0.430. The first-order chi connectivity index (χ1) is 7.74. The summed E-state index contributed by atoms with van der Waals surface area (Å²) in [6.45, 7) is 4.24. The van der Waals surface area contributed by atoms with E-state index in [1.165, 1.54) is 0 Å². The summed E-state index contributed by atoms with van der Waals surface area (Å²) >= 11 is 3.39. The molecule has 1 N–H and O–H groups in total. The SMILES string of the molecule is CCn1ncc(Br)c1C(O)C1COCCO1. The fourth-order valence-corrected chi connectivity index (χ4v) is 2.31. The highest BCUT2D eigenvalue weighted by Crippen LogP contribution is 2.27. The molecule has 1 saturated heterocycles. The number of aliphatic hydroxyl groups is 1. The highest BCUT2D eigenvalue weighted by molar-refractivity contribution is 9.10. The number of hydrogen-bond acceptors (Lipinski definition) is 4. The highest BCUT2D eigenvalue weighted by Gasteiger charge is 2.28. The Morgan fingerprint density at radius 3 is 3.12 bits per heavy atom. The second-order valence-electron chi connectivity index (χ2n) is 3.62. The Morgan fingerprint density at radius 2 is 2.50 bits per heavy atom. The van der Waals surface area contributed by atoms with Crippen LogP contribution in [0.5, 0.6) is 0 Å². The zero-order valence-corrected chi connectivity index (χ0v) is 10.7. The third-order valence-electron chi connectivity index (χ3n) is 2.61. The van der Waals surface area contributed by atoms with Gasteiger partial charge in [-0.3, -0.25) is 4.68 Å². The Labute approximate surface area is 102 Å². The van der Waals surface area contributed by atoms with Crippen LogP contribution in [0.25, 0.3) is 0 Å². The van der Waals surface area contributed by atoms with Gasteiger partial charge in [-0.1, -0.05) is 0 Å². The van der Waals surface area contributed by atoms with Gasteiger partial charge in [0.15, 0.2) is 0 Å². The van der Waals surface area contributed by atoms with Crippen LogP contribution in [0.15, 0.2) is 10.7 Å². The zero-order valence-electron chi connectivity index (χ0n) is 9.10. The largest absolute Gasteiger partial charge is 0.384 e. The van der Waals surface area contributed by atoms with Crippen molar-refractivity contribution in [1.29, 1.82) is 0 Å². The van der Waals surface area contributed by atoms with E-state index >= 15 is 0 Å². The number of aryl methyl sites for hydroxylation is 1. The summed E-state index contributed by atoms with van der Waals surface area (Å²) in [5.41, 5.74) is 0.748. The van der Waals surface area contributed by atoms with Crippen molar-refractivity contribution < 1.29 is 14.6 Å². The summed E-state index contributed by atoms with van der Waals surface area (Å²) < 4.78 is 13.3. The molecule has 0 amide bonds. The summed E-state index contributed by atoms with van der Waals surface area (Å²) in [7, 11) is 0. The van der Waals surface area contributed by atoms with Crippen LogP contribution in [0.2, 0.25) is 0 Å². The van der Waals surface area contributed by atoms with Crippen molar-refractivity contribution in [3.05, 3.63) is 16.4 Å². The molecule has 1 aromatic rings. The van der Waals surface area contributed by atoms with Gasteiger partial charge in [0.1, 0.15) is 12.2 Å². The maximum Gasteiger partial charge on any atom is 0.125 e. The summed E-state index contributed by atoms with van der Waals surface area (Å²) in [5.74, 6) is 0. The minimum atomic E-state index is -0.711. The quantitative estimate of drug-likeness (QED) is 0.906. The smallest absolute Gasteiger partial charge is 0.125 e. The van der Waals surface area contributed by atoms with E-state index in [0.29, 0.717) is 26.4 Å². The topological polar surface area (TPSA) is 56.5 Å². The molecule has 1 aliphatic heterocycles. The Balaban J connectivity index is 2.18. The van der Waals surface area contributed by atoms with E-state index < -0.39 is 6.10 Å². The lowest BCUT2D eigenvalue weighted by Gasteiger charge is -2.27. The number of aromatic nitrogens is 2. The molecular weight excluding hydrogens is 276 g/mol. The van der Waals surface area contributed by atoms with Crippen molar-refractivity contribution in [2.45, 2.75) is 25.7 Å². The molecule has 0 spiro atoms. The first-order valence-electron chi connectivity index (χ1n) is 5.32. The van der Waals surface area contributed by atoms with E-state index in [1.54, 1.807) is 10.9 Å². The molecule has 1 aromatic heterocycles. The van der Waals surface area contributed by atoms with Gasteiger partial charge in [0.2, 0.25) is 0 Å². The fraction of sp³-hybridized carbons (Fsp3) is 0.700. The standard InChI is InChI=1S/C10H15BrN2O3/c1-2-13-9(7(11)5-12-13)10(14)8-6-15-3-4-16-8/h5,8,10,14H,2-4,6H2,1H3. The monoisotopic (exact) mass is 290 g/mol. The van der Waals surface area contributed by atoms with Crippen molar-refractivity contribution in [1.82, 2.24) is 9.78 Å². The van der Waals surface area contributed by atoms with Crippen LogP contribution in [0.1, 0.15) is 18.7 Å². The molecule has 2 rings (SSSR count). The minimum absolute atomic E-state index is 0.313. The predicted octanol–water partition coefficient (Wildman–Crippen LogP) is 1.11. The normalized spacial score (nSPS) is 23.3. The molecular formula is C10H15BrN2O3. The molecule has 0 radical (unpaired) electrons. The summed E-state index contributed by atoms with van der Waals surface area (Å²) in [6, 6.07) is 0. The van der Waals surface area contributed by atoms with Gasteiger partial charge in [0.25, 0.3) is 0 Å². The minimum Gasteiger partial charge on any atom is -0.384 e. The van der Waals surface area contributed by atoms with Gasteiger partial charge in [-0.05, 0) is 22.9 Å². The van der Waals surface area contributed by atoms with Crippen LogP contribution >= 0.6 is 15.9 Å². The molecule has 0 aromatic carbocycles. The van der Waals surface area contributed by atoms with Crippen molar-refractivity contribution in [2.75, 3.05) is 19.8 Å². The second kappa shape index (κ2) is 5.27. The lowest BCUT2D eigenvalue weighted by Crippen LogP contribution is -2.34. The molecule has 1 fully saturated rings. The molecule has 0 aliphatic carbocycles. The summed E-state index contributed by atoms with van der Waals surface area (Å²) in [5, 5.41) is 14.4. The van der Waals surface area contributed by atoms with Gasteiger partial charge in [-0.15, -0.1) is 0 Å². The second-order valence-corrected chi connectivity index (χ2v) is 4.48. The third kappa shape index (κ3) is 2.29. The van der Waals surface area contributed by atoms with Gasteiger partial charge in [-0.25, -0.2) is 0 Å². The Morgan fingerprint density at radius 1 is 1.69 bits per heavy atom. The van der Waals surface area contributed by atoms with Crippen molar-refractivity contribution in [2.24, 2.45) is 0 Å². The molecule has 1 aliphatic rings. The number of rotatable bonds is 3. The first kappa shape index (κ1) is 12.0. The molecule has 2 heterocycles. The molecule has 6 heteroatoms. The molecule has 2 atom stereocenters. The maximum absolute atomic E-state index is 10.2. The average molecular weight is 291 g/mol. The average Bonchev–Trinajstić information content (AvgIpc) is 2.70. The van der Waals surface area contributed by atoms with E-state index in [1.807, 2.05) is 6.92 Å². The molecule has 90 valence electrons. The molecule has 16 heavy (non-hydrogen) atoms. The van der Waals surface area contributed by atoms with Crippen LogP contribution in [0.3, 0.4) is 0 Å². The third-order valence-corrected chi connectivity index (χ3v) is 3.22. The lowest BCUT2D eigenvalue weighted by molar-refractivity contribution is -0.135. The zero-order chi connectivity index (χ0) is 11.5.